The fourth-order valence-corrected chi connectivity index (χ4v) is 2.73. The summed E-state index contributed by atoms with van der Waals surface area (Å²) < 4.78 is 0. The number of hydrogen-bond donors (Lipinski definition) is 0. The monoisotopic (exact) mass is 299 g/mol. The van der Waals surface area contributed by atoms with E-state index in [9.17, 15) is 14.9 Å². The van der Waals surface area contributed by atoms with Crippen molar-refractivity contribution in [2.45, 2.75) is 32.6 Å². The van der Waals surface area contributed by atoms with Crippen molar-refractivity contribution in [1.82, 2.24) is 4.90 Å². The molecular weight excluding hydrogens is 278 g/mol. The quantitative estimate of drug-likeness (QED) is 0.860. The van der Waals surface area contributed by atoms with Gasteiger partial charge in [-0.25, -0.2) is 0 Å². The van der Waals surface area contributed by atoms with E-state index in [0.29, 0.717) is 11.3 Å². The largest absolute Gasteiger partial charge is 0.341 e. The Hall–Kier alpha value is -2.35. The molecule has 0 unspecified atom stereocenters. The van der Waals surface area contributed by atoms with E-state index in [4.69, 9.17) is 0 Å². The van der Waals surface area contributed by atoms with Crippen LogP contribution >= 0.6 is 0 Å². The smallest absolute Gasteiger partial charge is 0.242 e. The summed E-state index contributed by atoms with van der Waals surface area (Å²) in [4.78, 5) is 27.7. The average molecular weight is 299 g/mol. The van der Waals surface area contributed by atoms with Crippen LogP contribution in [0.25, 0.3) is 0 Å². The molecule has 0 radical (unpaired) electrons. The zero-order valence-electron chi connectivity index (χ0n) is 12.9. The Kier molecular flexibility index (Phi) is 5.54. The van der Waals surface area contributed by atoms with E-state index in [1.807, 2.05) is 4.90 Å². The molecule has 1 aliphatic rings. The lowest BCUT2D eigenvalue weighted by Gasteiger charge is -2.26. The average Bonchev–Trinajstić information content (AvgIpc) is 2.81. The zero-order chi connectivity index (χ0) is 15.9. The molecule has 1 saturated heterocycles. The van der Waals surface area contributed by atoms with Crippen molar-refractivity contribution in [2.24, 2.45) is 0 Å². The van der Waals surface area contributed by atoms with Gasteiger partial charge in [-0.15, -0.1) is 0 Å². The summed E-state index contributed by atoms with van der Waals surface area (Å²) in [6.07, 6.45) is 4.33. The van der Waals surface area contributed by atoms with Crippen molar-refractivity contribution in [1.29, 1.82) is 5.26 Å². The Bertz CT molecular complexity index is 584. The summed E-state index contributed by atoms with van der Waals surface area (Å²) >= 11 is 0. The van der Waals surface area contributed by atoms with Gasteiger partial charge in [0.2, 0.25) is 11.8 Å². The van der Waals surface area contributed by atoms with Gasteiger partial charge < -0.3 is 9.80 Å². The van der Waals surface area contributed by atoms with Crippen LogP contribution in [0.4, 0.5) is 5.69 Å². The van der Waals surface area contributed by atoms with Gasteiger partial charge in [-0.1, -0.05) is 25.0 Å². The number of anilines is 1. The molecule has 1 aliphatic heterocycles. The van der Waals surface area contributed by atoms with E-state index in [2.05, 4.69) is 6.07 Å². The van der Waals surface area contributed by atoms with Crippen LogP contribution in [0.3, 0.4) is 0 Å². The number of carbonyl (C=O) groups excluding carboxylic acids is 2. The first-order chi connectivity index (χ1) is 10.6. The molecule has 1 aromatic rings. The van der Waals surface area contributed by atoms with Crippen LogP contribution in [0.1, 0.15) is 38.2 Å². The summed E-state index contributed by atoms with van der Waals surface area (Å²) in [6.45, 7) is 2.92. The molecule has 0 aromatic heterocycles. The molecule has 2 amide bonds. The van der Waals surface area contributed by atoms with E-state index in [1.54, 1.807) is 24.3 Å². The Balaban J connectivity index is 2.17. The summed E-state index contributed by atoms with van der Waals surface area (Å²) in [7, 11) is 0. The van der Waals surface area contributed by atoms with Crippen LogP contribution in [0, 0.1) is 11.3 Å². The maximum Gasteiger partial charge on any atom is 0.242 e. The second kappa shape index (κ2) is 7.60. The molecule has 0 saturated carbocycles. The third-order valence-electron chi connectivity index (χ3n) is 3.95. The SMILES string of the molecule is CC(=O)N(CC(=O)N1CCCCCC1)c1ccccc1C#N. The zero-order valence-corrected chi connectivity index (χ0v) is 12.9. The Labute approximate surface area is 131 Å². The molecule has 1 heterocycles. The second-order valence-corrected chi connectivity index (χ2v) is 5.53. The molecule has 22 heavy (non-hydrogen) atoms. The minimum atomic E-state index is -0.231. The van der Waals surface area contributed by atoms with Gasteiger partial charge in [0, 0.05) is 20.0 Å². The number of benzene rings is 1. The number of hydrogen-bond acceptors (Lipinski definition) is 3. The Morgan fingerprint density at radius 3 is 2.41 bits per heavy atom. The summed E-state index contributed by atoms with van der Waals surface area (Å²) in [5, 5.41) is 9.19. The van der Waals surface area contributed by atoms with Crippen molar-refractivity contribution < 1.29 is 9.59 Å². The van der Waals surface area contributed by atoms with Crippen molar-refractivity contribution in [2.75, 3.05) is 24.5 Å². The molecule has 1 aromatic carbocycles. The molecule has 5 heteroatoms. The van der Waals surface area contributed by atoms with Crippen LogP contribution in [-0.2, 0) is 9.59 Å². The highest BCUT2D eigenvalue weighted by Gasteiger charge is 2.22. The lowest BCUT2D eigenvalue weighted by Crippen LogP contribution is -2.43. The van der Waals surface area contributed by atoms with Gasteiger partial charge in [-0.3, -0.25) is 9.59 Å². The summed E-state index contributed by atoms with van der Waals surface area (Å²) in [6, 6.07) is 8.95. The van der Waals surface area contributed by atoms with Gasteiger partial charge in [0.25, 0.3) is 0 Å². The first-order valence-electron chi connectivity index (χ1n) is 7.68. The molecule has 0 bridgehead atoms. The van der Waals surface area contributed by atoms with Crippen LogP contribution in [0.2, 0.25) is 0 Å². The Morgan fingerprint density at radius 1 is 1.18 bits per heavy atom. The first kappa shape index (κ1) is 16.0. The lowest BCUT2D eigenvalue weighted by molar-refractivity contribution is -0.131. The predicted molar refractivity (Wildman–Crippen MR) is 84.2 cm³/mol. The summed E-state index contributed by atoms with van der Waals surface area (Å²) in [5.74, 6) is -0.282. The van der Waals surface area contributed by atoms with Gasteiger partial charge in [0.05, 0.1) is 11.3 Å². The van der Waals surface area contributed by atoms with E-state index >= 15 is 0 Å². The third kappa shape index (κ3) is 3.85. The van der Waals surface area contributed by atoms with E-state index < -0.39 is 0 Å². The fraction of sp³-hybridized carbons (Fsp3) is 0.471. The molecule has 0 spiro atoms. The van der Waals surface area contributed by atoms with E-state index in [0.717, 1.165) is 38.8 Å². The highest BCUT2D eigenvalue weighted by atomic mass is 16.2. The number of para-hydroxylation sites is 1. The highest BCUT2D eigenvalue weighted by Crippen LogP contribution is 2.20. The first-order valence-corrected chi connectivity index (χ1v) is 7.68. The van der Waals surface area contributed by atoms with Gasteiger partial charge >= 0.3 is 0 Å². The van der Waals surface area contributed by atoms with E-state index in [-0.39, 0.29) is 18.4 Å². The predicted octanol–water partition coefficient (Wildman–Crippen LogP) is 2.31. The molecule has 0 aliphatic carbocycles. The minimum absolute atomic E-state index is 0.00593. The molecule has 0 atom stereocenters. The number of rotatable bonds is 3. The molecule has 0 N–H and O–H groups in total. The standard InChI is InChI=1S/C17H21N3O2/c1-14(21)20(16-9-5-4-8-15(16)12-18)13-17(22)19-10-6-2-3-7-11-19/h4-5,8-9H,2-3,6-7,10-11,13H2,1H3. The van der Waals surface area contributed by atoms with Crippen molar-refractivity contribution in [3.8, 4) is 6.07 Å². The number of nitriles is 1. The van der Waals surface area contributed by atoms with Crippen molar-refractivity contribution >= 4 is 17.5 Å². The topological polar surface area (TPSA) is 64.4 Å². The van der Waals surface area contributed by atoms with Crippen LogP contribution in [0.15, 0.2) is 24.3 Å². The van der Waals surface area contributed by atoms with Gasteiger partial charge in [-0.2, -0.15) is 5.26 Å². The van der Waals surface area contributed by atoms with E-state index in [1.165, 1.54) is 11.8 Å². The van der Waals surface area contributed by atoms with Gasteiger partial charge in [-0.05, 0) is 25.0 Å². The molecule has 1 fully saturated rings. The fourth-order valence-electron chi connectivity index (χ4n) is 2.73. The van der Waals surface area contributed by atoms with Crippen LogP contribution in [0.5, 0.6) is 0 Å². The molecule has 116 valence electrons. The molecule has 5 nitrogen and oxygen atoms in total. The number of amides is 2. The Morgan fingerprint density at radius 2 is 1.82 bits per heavy atom. The number of carbonyl (C=O) groups is 2. The minimum Gasteiger partial charge on any atom is -0.341 e. The van der Waals surface area contributed by atoms with Crippen LogP contribution in [-0.4, -0.2) is 36.3 Å². The summed E-state index contributed by atoms with van der Waals surface area (Å²) in [5.41, 5.74) is 0.905. The van der Waals surface area contributed by atoms with Gasteiger partial charge in [0.15, 0.2) is 0 Å². The second-order valence-electron chi connectivity index (χ2n) is 5.53. The molecular formula is C17H21N3O2. The van der Waals surface area contributed by atoms with Crippen molar-refractivity contribution in [3.05, 3.63) is 29.8 Å². The normalized spacial score (nSPS) is 14.8. The maximum atomic E-state index is 12.5. The van der Waals surface area contributed by atoms with Crippen LogP contribution < -0.4 is 4.90 Å². The third-order valence-corrected chi connectivity index (χ3v) is 3.95. The molecule has 2 rings (SSSR count). The number of likely N-dealkylation sites (tertiary alicyclic amines) is 1. The van der Waals surface area contributed by atoms with Crippen molar-refractivity contribution in [3.63, 3.8) is 0 Å². The number of nitrogens with zero attached hydrogens (tertiary/aromatic N) is 3. The van der Waals surface area contributed by atoms with Gasteiger partial charge in [0.1, 0.15) is 12.6 Å². The highest BCUT2D eigenvalue weighted by molar-refractivity contribution is 5.98. The maximum absolute atomic E-state index is 12.5. The lowest BCUT2D eigenvalue weighted by atomic mass is 10.1.